The van der Waals surface area contributed by atoms with Crippen LogP contribution in [0.5, 0.6) is 0 Å². The molecule has 1 aromatic rings. The van der Waals surface area contributed by atoms with Gasteiger partial charge < -0.3 is 4.74 Å². The van der Waals surface area contributed by atoms with Crippen molar-refractivity contribution in [1.29, 1.82) is 0 Å². The summed E-state index contributed by atoms with van der Waals surface area (Å²) in [5, 5.41) is 0. The maximum absolute atomic E-state index is 12.6. The fourth-order valence-electron chi connectivity index (χ4n) is 2.67. The van der Waals surface area contributed by atoms with E-state index in [9.17, 15) is 9.59 Å². The van der Waals surface area contributed by atoms with Gasteiger partial charge in [0.2, 0.25) is 11.6 Å². The van der Waals surface area contributed by atoms with Crippen molar-refractivity contribution in [2.45, 2.75) is 89.5 Å². The molecular formula is C23H34BrNO3. The first-order valence-electron chi connectivity index (χ1n) is 10.2. The summed E-state index contributed by atoms with van der Waals surface area (Å²) in [6.45, 7) is 9.82. The highest BCUT2D eigenvalue weighted by Gasteiger charge is 2.27. The lowest BCUT2D eigenvalue weighted by atomic mass is 9.92. The zero-order chi connectivity index (χ0) is 21.2. The summed E-state index contributed by atoms with van der Waals surface area (Å²) in [7, 11) is 0. The average molecular weight is 452 g/mol. The maximum Gasteiger partial charge on any atom is 0.212 e. The van der Waals surface area contributed by atoms with E-state index in [4.69, 9.17) is 4.74 Å². The van der Waals surface area contributed by atoms with Gasteiger partial charge in [0.05, 0.1) is 10.5 Å². The number of unbranched alkanes of at least 4 members (excludes halogenated alkanes) is 4. The monoisotopic (exact) mass is 451 g/mol. The molecule has 28 heavy (non-hydrogen) atoms. The van der Waals surface area contributed by atoms with Gasteiger partial charge in [-0.05, 0) is 44.9 Å². The summed E-state index contributed by atoms with van der Waals surface area (Å²) in [5.74, 6) is -1.14. The minimum atomic E-state index is -0.462. The Morgan fingerprint density at radius 3 is 2.25 bits per heavy atom. The molecule has 0 saturated carbocycles. The number of alkyl halides is 1. The predicted molar refractivity (Wildman–Crippen MR) is 120 cm³/mol. The number of carbonyl (C=O) groups excluding carboxylic acids is 2. The molecule has 1 rings (SSSR count). The van der Waals surface area contributed by atoms with Crippen LogP contribution in [0.15, 0.2) is 29.3 Å². The van der Waals surface area contributed by atoms with Gasteiger partial charge in [0.25, 0.3) is 0 Å². The second-order valence-electron chi connectivity index (χ2n) is 8.18. The molecule has 5 heteroatoms. The average Bonchev–Trinajstić information content (AvgIpc) is 2.65. The Hall–Kier alpha value is -1.49. The smallest absolute Gasteiger partial charge is 0.212 e. The van der Waals surface area contributed by atoms with Gasteiger partial charge in [-0.1, -0.05) is 74.0 Å². The molecule has 0 fully saturated rings. The second-order valence-corrected chi connectivity index (χ2v) is 9.28. The van der Waals surface area contributed by atoms with E-state index < -0.39 is 5.92 Å². The van der Waals surface area contributed by atoms with E-state index in [0.29, 0.717) is 6.42 Å². The molecular weight excluding hydrogens is 418 g/mol. The molecule has 0 radical (unpaired) electrons. The van der Waals surface area contributed by atoms with E-state index in [1.807, 2.05) is 45.0 Å². The largest absolute Gasteiger partial charge is 0.478 e. The van der Waals surface area contributed by atoms with Crippen molar-refractivity contribution < 1.29 is 14.3 Å². The number of hydrogen-bond donors (Lipinski definition) is 0. The first-order chi connectivity index (χ1) is 13.2. The third-order valence-corrected chi connectivity index (χ3v) is 5.36. The van der Waals surface area contributed by atoms with Crippen LogP contribution >= 0.6 is 15.9 Å². The first-order valence-corrected chi connectivity index (χ1v) is 11.1. The fraction of sp³-hybridized carbons (Fsp3) is 0.609. The van der Waals surface area contributed by atoms with E-state index in [0.717, 1.165) is 24.1 Å². The van der Waals surface area contributed by atoms with Crippen molar-refractivity contribution in [2.24, 2.45) is 4.99 Å². The van der Waals surface area contributed by atoms with Crippen LogP contribution in [0.3, 0.4) is 0 Å². The normalized spacial score (nSPS) is 14.1. The molecule has 0 aromatic heterocycles. The third-order valence-electron chi connectivity index (χ3n) is 4.48. The summed E-state index contributed by atoms with van der Waals surface area (Å²) in [4.78, 5) is 28.9. The second kappa shape index (κ2) is 12.2. The Balaban J connectivity index is 2.58. The highest BCUT2D eigenvalue weighted by Crippen LogP contribution is 2.23. The standard InChI is InChI=1S/C23H34BrNO3/c1-6-7-8-9-10-11-20(24)22(27)21(26)17(2)18-12-14-19(15-13-18)25-16-28-23(3,4)5/h12-17,20H,6-11H2,1-5H3. The van der Waals surface area contributed by atoms with Gasteiger partial charge in [-0.2, -0.15) is 0 Å². The van der Waals surface area contributed by atoms with Gasteiger partial charge in [0.15, 0.2) is 6.40 Å². The molecule has 4 nitrogen and oxygen atoms in total. The van der Waals surface area contributed by atoms with E-state index in [1.54, 1.807) is 6.92 Å². The fourth-order valence-corrected chi connectivity index (χ4v) is 3.22. The number of benzene rings is 1. The van der Waals surface area contributed by atoms with Gasteiger partial charge in [-0.25, -0.2) is 4.99 Å². The highest BCUT2D eigenvalue weighted by molar-refractivity contribution is 9.10. The number of rotatable bonds is 12. The molecule has 0 saturated heterocycles. The van der Waals surface area contributed by atoms with E-state index in [-0.39, 0.29) is 22.0 Å². The SMILES string of the molecule is CCCCCCCC(Br)C(=O)C(=O)C(C)c1ccc(N=COC(C)(C)C)cc1. The van der Waals surface area contributed by atoms with Crippen LogP contribution in [-0.2, 0) is 14.3 Å². The van der Waals surface area contributed by atoms with Crippen LogP contribution in [-0.4, -0.2) is 28.4 Å². The molecule has 0 aliphatic carbocycles. The molecule has 2 unspecified atom stereocenters. The van der Waals surface area contributed by atoms with Crippen molar-refractivity contribution in [3.8, 4) is 0 Å². The lowest BCUT2D eigenvalue weighted by Gasteiger charge is -2.16. The van der Waals surface area contributed by atoms with Crippen molar-refractivity contribution in [2.75, 3.05) is 0 Å². The number of aliphatic imine (C=N–C) groups is 1. The summed E-state index contributed by atoms with van der Waals surface area (Å²) in [6.07, 6.45) is 7.82. The van der Waals surface area contributed by atoms with Crippen LogP contribution in [0.2, 0.25) is 0 Å². The molecule has 1 aromatic carbocycles. The summed E-state index contributed by atoms with van der Waals surface area (Å²) >= 11 is 3.41. The third kappa shape index (κ3) is 9.13. The Morgan fingerprint density at radius 1 is 1.07 bits per heavy atom. The molecule has 0 aliphatic rings. The Labute approximate surface area is 178 Å². The number of carbonyl (C=O) groups is 2. The van der Waals surface area contributed by atoms with E-state index >= 15 is 0 Å². The number of ketones is 2. The van der Waals surface area contributed by atoms with Crippen molar-refractivity contribution in [3.05, 3.63) is 29.8 Å². The molecule has 156 valence electrons. The zero-order valence-electron chi connectivity index (χ0n) is 17.8. The maximum atomic E-state index is 12.6. The molecule has 0 heterocycles. The number of nitrogens with zero attached hydrogens (tertiary/aromatic N) is 1. The molecule has 0 aliphatic heterocycles. The van der Waals surface area contributed by atoms with Gasteiger partial charge >= 0.3 is 0 Å². The lowest BCUT2D eigenvalue weighted by molar-refractivity contribution is -0.136. The Bertz CT molecular complexity index is 647. The predicted octanol–water partition coefficient (Wildman–Crippen LogP) is 6.53. The minimum absolute atomic E-state index is 0.285. The van der Waals surface area contributed by atoms with Gasteiger partial charge in [-0.3, -0.25) is 9.59 Å². The summed E-state index contributed by atoms with van der Waals surface area (Å²) in [6, 6.07) is 7.33. The summed E-state index contributed by atoms with van der Waals surface area (Å²) < 4.78 is 5.47. The molecule has 0 spiro atoms. The van der Waals surface area contributed by atoms with Crippen LogP contribution in [0.4, 0.5) is 5.69 Å². The Kier molecular flexibility index (Phi) is 10.7. The topological polar surface area (TPSA) is 55.7 Å². The minimum Gasteiger partial charge on any atom is -0.478 e. The van der Waals surface area contributed by atoms with Crippen LogP contribution in [0, 0.1) is 0 Å². The van der Waals surface area contributed by atoms with Crippen molar-refractivity contribution >= 4 is 39.6 Å². The van der Waals surface area contributed by atoms with E-state index in [1.165, 1.54) is 25.7 Å². The van der Waals surface area contributed by atoms with Crippen molar-refractivity contribution in [1.82, 2.24) is 0 Å². The van der Waals surface area contributed by atoms with Crippen molar-refractivity contribution in [3.63, 3.8) is 0 Å². The van der Waals surface area contributed by atoms with E-state index in [2.05, 4.69) is 27.8 Å². The number of halogens is 1. The molecule has 2 atom stereocenters. The lowest BCUT2D eigenvalue weighted by Crippen LogP contribution is -2.28. The van der Waals surface area contributed by atoms with Crippen LogP contribution in [0.25, 0.3) is 0 Å². The summed E-state index contributed by atoms with van der Waals surface area (Å²) in [5.41, 5.74) is 1.27. The van der Waals surface area contributed by atoms with Gasteiger partial charge in [0, 0.05) is 5.92 Å². The molecule has 0 bridgehead atoms. The molecule has 0 N–H and O–H groups in total. The Morgan fingerprint density at radius 2 is 1.68 bits per heavy atom. The highest BCUT2D eigenvalue weighted by atomic mass is 79.9. The van der Waals surface area contributed by atoms with Gasteiger partial charge in [0.1, 0.15) is 5.60 Å². The quantitative estimate of drug-likeness (QED) is 0.119. The van der Waals surface area contributed by atoms with Gasteiger partial charge in [-0.15, -0.1) is 0 Å². The zero-order valence-corrected chi connectivity index (χ0v) is 19.4. The number of hydrogen-bond acceptors (Lipinski definition) is 4. The van der Waals surface area contributed by atoms with Crippen LogP contribution in [0.1, 0.15) is 84.6 Å². The number of ether oxygens (including phenoxy) is 1. The first kappa shape index (κ1) is 24.5. The molecule has 0 amide bonds. The van der Waals surface area contributed by atoms with Crippen LogP contribution < -0.4 is 0 Å². The number of Topliss-reactive ketones (excluding diaryl/α,β-unsaturated/α-hetero) is 2.